The van der Waals surface area contributed by atoms with E-state index in [1.165, 1.54) is 12.3 Å². The number of esters is 1. The number of benzene rings is 1. The number of hydrogen-bond donors (Lipinski definition) is 1. The van der Waals surface area contributed by atoms with Crippen molar-refractivity contribution in [2.75, 3.05) is 13.2 Å². The third-order valence-corrected chi connectivity index (χ3v) is 4.03. The second-order valence-electron chi connectivity index (χ2n) is 3.96. The molecule has 1 aromatic heterocycles. The average molecular weight is 294 g/mol. The molecule has 2 rings (SSSR count). The zero-order valence-corrected chi connectivity index (χ0v) is 11.7. The number of hydrogen-bond acceptors (Lipinski definition) is 5. The zero-order valence-electron chi connectivity index (χ0n) is 10.9. The number of aromatic nitrogens is 1. The minimum absolute atomic E-state index is 0.0416. The molecule has 0 bridgehead atoms. The number of para-hydroxylation sites is 1. The van der Waals surface area contributed by atoms with Gasteiger partial charge in [0, 0.05) is 11.6 Å². The lowest BCUT2D eigenvalue weighted by Gasteiger charge is -2.08. The molecule has 0 aliphatic heterocycles. The molecule has 6 nitrogen and oxygen atoms in total. The van der Waals surface area contributed by atoms with Crippen LogP contribution in [0.15, 0.2) is 41.4 Å². The van der Waals surface area contributed by atoms with Crippen LogP contribution in [0.3, 0.4) is 0 Å². The largest absolute Gasteiger partial charge is 0.465 e. The lowest BCUT2D eigenvalue weighted by molar-refractivity contribution is -0.141. The molecule has 0 radical (unpaired) electrons. The second kappa shape index (κ2) is 5.98. The fraction of sp³-hybridized carbons (Fsp3) is 0.231. The van der Waals surface area contributed by atoms with Crippen LogP contribution in [0.1, 0.15) is 6.92 Å². The fourth-order valence-electron chi connectivity index (χ4n) is 1.74. The Hall–Kier alpha value is -1.99. The summed E-state index contributed by atoms with van der Waals surface area (Å²) >= 11 is 0. The highest BCUT2D eigenvalue weighted by molar-refractivity contribution is 7.89. The zero-order chi connectivity index (χ0) is 14.6. The molecular weight excluding hydrogens is 280 g/mol. The highest BCUT2D eigenvalue weighted by Crippen LogP contribution is 2.20. The van der Waals surface area contributed by atoms with Crippen LogP contribution in [0.25, 0.3) is 10.9 Å². The van der Waals surface area contributed by atoms with Gasteiger partial charge < -0.3 is 4.74 Å². The number of pyridine rings is 1. The van der Waals surface area contributed by atoms with E-state index in [-0.39, 0.29) is 11.5 Å². The molecule has 0 aliphatic rings. The Morgan fingerprint density at radius 3 is 2.80 bits per heavy atom. The van der Waals surface area contributed by atoms with Gasteiger partial charge in [0.15, 0.2) is 0 Å². The molecule has 106 valence electrons. The maximum Gasteiger partial charge on any atom is 0.321 e. The summed E-state index contributed by atoms with van der Waals surface area (Å²) in [5.74, 6) is -0.621. The van der Waals surface area contributed by atoms with Gasteiger partial charge in [-0.05, 0) is 19.1 Å². The van der Waals surface area contributed by atoms with Gasteiger partial charge in [-0.3, -0.25) is 9.78 Å². The maximum atomic E-state index is 12.2. The summed E-state index contributed by atoms with van der Waals surface area (Å²) in [7, 11) is -3.81. The van der Waals surface area contributed by atoms with E-state index in [0.29, 0.717) is 10.9 Å². The second-order valence-corrected chi connectivity index (χ2v) is 5.70. The molecule has 1 N–H and O–H groups in total. The monoisotopic (exact) mass is 294 g/mol. The van der Waals surface area contributed by atoms with Crippen LogP contribution < -0.4 is 4.72 Å². The van der Waals surface area contributed by atoms with Crippen LogP contribution in [0.5, 0.6) is 0 Å². The number of nitrogens with one attached hydrogen (secondary N) is 1. The molecule has 2 aromatic rings. The highest BCUT2D eigenvalue weighted by Gasteiger charge is 2.19. The van der Waals surface area contributed by atoms with Crippen molar-refractivity contribution >= 4 is 26.9 Å². The van der Waals surface area contributed by atoms with Gasteiger partial charge in [0.05, 0.1) is 12.1 Å². The first kappa shape index (κ1) is 14.4. The Morgan fingerprint density at radius 2 is 2.05 bits per heavy atom. The van der Waals surface area contributed by atoms with Gasteiger partial charge in [0.25, 0.3) is 0 Å². The van der Waals surface area contributed by atoms with E-state index in [4.69, 9.17) is 0 Å². The summed E-state index contributed by atoms with van der Waals surface area (Å²) in [6.45, 7) is 1.46. The summed E-state index contributed by atoms with van der Waals surface area (Å²) in [5, 5.41) is 0.714. The first-order valence-corrected chi connectivity index (χ1v) is 7.52. The van der Waals surface area contributed by atoms with E-state index in [1.807, 2.05) is 0 Å². The Balaban J connectivity index is 2.30. The molecule has 0 aliphatic carbocycles. The van der Waals surface area contributed by atoms with E-state index in [9.17, 15) is 13.2 Å². The number of fused-ring (bicyclic) bond motifs is 1. The van der Waals surface area contributed by atoms with Crippen molar-refractivity contribution in [2.45, 2.75) is 11.8 Å². The van der Waals surface area contributed by atoms with Crippen molar-refractivity contribution < 1.29 is 17.9 Å². The van der Waals surface area contributed by atoms with Gasteiger partial charge in [-0.2, -0.15) is 4.72 Å². The van der Waals surface area contributed by atoms with Gasteiger partial charge in [0.2, 0.25) is 10.0 Å². The Bertz CT molecular complexity index is 723. The summed E-state index contributed by atoms with van der Waals surface area (Å²) < 4.78 is 31.3. The highest BCUT2D eigenvalue weighted by atomic mass is 32.2. The normalized spacial score (nSPS) is 11.4. The molecule has 1 heterocycles. The molecular formula is C13H14N2O4S. The van der Waals surface area contributed by atoms with Crippen LogP contribution >= 0.6 is 0 Å². The predicted octanol–water partition coefficient (Wildman–Crippen LogP) is 1.08. The quantitative estimate of drug-likeness (QED) is 0.834. The van der Waals surface area contributed by atoms with Crippen molar-refractivity contribution in [3.63, 3.8) is 0 Å². The molecule has 1 aromatic carbocycles. The minimum Gasteiger partial charge on any atom is -0.465 e. The van der Waals surface area contributed by atoms with E-state index in [1.54, 1.807) is 31.2 Å². The van der Waals surface area contributed by atoms with Crippen LogP contribution in [0, 0.1) is 0 Å². The summed E-state index contributed by atoms with van der Waals surface area (Å²) in [6, 6.07) is 8.34. The third-order valence-electron chi connectivity index (χ3n) is 2.60. The van der Waals surface area contributed by atoms with E-state index in [2.05, 4.69) is 14.4 Å². The van der Waals surface area contributed by atoms with Gasteiger partial charge in [-0.1, -0.05) is 18.2 Å². The molecule has 0 unspecified atom stereocenters. The van der Waals surface area contributed by atoms with Crippen LogP contribution in [-0.2, 0) is 19.6 Å². The van der Waals surface area contributed by atoms with E-state index >= 15 is 0 Å². The van der Waals surface area contributed by atoms with Crippen molar-refractivity contribution in [2.24, 2.45) is 0 Å². The average Bonchev–Trinajstić information content (AvgIpc) is 2.45. The Labute approximate surface area is 116 Å². The number of carbonyl (C=O) groups excluding carboxylic acids is 1. The number of carbonyl (C=O) groups is 1. The molecule has 0 fully saturated rings. The summed E-state index contributed by atoms with van der Waals surface area (Å²) in [5.41, 5.74) is 0.367. The van der Waals surface area contributed by atoms with Gasteiger partial charge in [-0.25, -0.2) is 8.42 Å². The fourth-order valence-corrected chi connectivity index (χ4v) is 2.88. The molecule has 20 heavy (non-hydrogen) atoms. The smallest absolute Gasteiger partial charge is 0.321 e. The minimum atomic E-state index is -3.81. The number of nitrogens with zero attached hydrogens (tertiary/aromatic N) is 1. The summed E-state index contributed by atoms with van der Waals surface area (Å²) in [4.78, 5) is 15.3. The molecule has 7 heteroatoms. The lowest BCUT2D eigenvalue weighted by Crippen LogP contribution is -2.30. The third kappa shape index (κ3) is 3.12. The molecule has 0 spiro atoms. The van der Waals surface area contributed by atoms with Crippen LogP contribution in [0.4, 0.5) is 0 Å². The maximum absolute atomic E-state index is 12.2. The number of ether oxygens (including phenoxy) is 1. The first-order valence-electron chi connectivity index (χ1n) is 6.03. The Kier molecular flexibility index (Phi) is 4.31. The SMILES string of the molecule is CCOC(=O)CNS(=O)(=O)c1cccc2cccnc12. The molecule has 0 saturated carbocycles. The topological polar surface area (TPSA) is 85.4 Å². The molecule has 0 atom stereocenters. The van der Waals surface area contributed by atoms with Crippen LogP contribution in [0.2, 0.25) is 0 Å². The van der Waals surface area contributed by atoms with Gasteiger partial charge in [0.1, 0.15) is 11.4 Å². The molecule has 0 saturated heterocycles. The lowest BCUT2D eigenvalue weighted by atomic mass is 10.2. The Morgan fingerprint density at radius 1 is 1.30 bits per heavy atom. The summed E-state index contributed by atoms with van der Waals surface area (Å²) in [6.07, 6.45) is 1.52. The van der Waals surface area contributed by atoms with Crippen LogP contribution in [-0.4, -0.2) is 32.5 Å². The first-order chi connectivity index (χ1) is 9.54. The van der Waals surface area contributed by atoms with E-state index in [0.717, 1.165) is 0 Å². The number of rotatable bonds is 5. The van der Waals surface area contributed by atoms with Gasteiger partial charge >= 0.3 is 5.97 Å². The standard InChI is InChI=1S/C13H14N2O4S/c1-2-19-12(16)9-15-20(17,18)11-7-3-5-10-6-4-8-14-13(10)11/h3-8,15H,2,9H2,1H3. The van der Waals surface area contributed by atoms with Crippen molar-refractivity contribution in [3.05, 3.63) is 36.5 Å². The van der Waals surface area contributed by atoms with Crippen molar-refractivity contribution in [3.8, 4) is 0 Å². The predicted molar refractivity (Wildman–Crippen MR) is 73.6 cm³/mol. The number of sulfonamides is 1. The molecule has 0 amide bonds. The van der Waals surface area contributed by atoms with E-state index < -0.39 is 22.5 Å². The van der Waals surface area contributed by atoms with Gasteiger partial charge in [-0.15, -0.1) is 0 Å². The van der Waals surface area contributed by atoms with Crippen molar-refractivity contribution in [1.29, 1.82) is 0 Å². The van der Waals surface area contributed by atoms with Crippen molar-refractivity contribution in [1.82, 2.24) is 9.71 Å².